The molecular weight excluding hydrogens is 334 g/mol. The van der Waals surface area contributed by atoms with Crippen LogP contribution in [0.4, 0.5) is 0 Å². The van der Waals surface area contributed by atoms with Crippen molar-refractivity contribution < 1.29 is 9.53 Å². The maximum absolute atomic E-state index is 12.5. The van der Waals surface area contributed by atoms with Crippen LogP contribution in [-0.2, 0) is 10.2 Å². The highest BCUT2D eigenvalue weighted by Gasteiger charge is 2.45. The standard InChI is InChI=1S/C19H23N3O2S/c20-12-19(13-5-2-1-3-6-13)9-14(10-19)22-17(23)16-11-21-18(25-16)15-7-4-8-24-15/h1-3,5-6,11,14-15H,4,7-10,12,20H2,(H,22,23). The summed E-state index contributed by atoms with van der Waals surface area (Å²) in [6.07, 6.45) is 5.57. The van der Waals surface area contributed by atoms with Crippen molar-refractivity contribution in [1.29, 1.82) is 0 Å². The molecule has 1 aromatic carbocycles. The van der Waals surface area contributed by atoms with E-state index in [1.165, 1.54) is 16.9 Å². The molecule has 0 bridgehead atoms. The van der Waals surface area contributed by atoms with Gasteiger partial charge >= 0.3 is 0 Å². The van der Waals surface area contributed by atoms with Crippen LogP contribution in [0.5, 0.6) is 0 Å². The molecule has 1 aromatic heterocycles. The summed E-state index contributed by atoms with van der Waals surface area (Å²) in [6, 6.07) is 10.5. The summed E-state index contributed by atoms with van der Waals surface area (Å²) >= 11 is 1.44. The van der Waals surface area contributed by atoms with Gasteiger partial charge in [0, 0.05) is 24.6 Å². The Morgan fingerprint density at radius 2 is 2.16 bits per heavy atom. The highest BCUT2D eigenvalue weighted by Crippen LogP contribution is 2.43. The normalized spacial score (nSPS) is 28.5. The Bertz CT molecular complexity index is 734. The third-order valence-electron chi connectivity index (χ3n) is 5.34. The fourth-order valence-electron chi connectivity index (χ4n) is 3.87. The van der Waals surface area contributed by atoms with E-state index >= 15 is 0 Å². The number of amides is 1. The van der Waals surface area contributed by atoms with E-state index in [0.29, 0.717) is 11.4 Å². The monoisotopic (exact) mass is 357 g/mol. The van der Waals surface area contributed by atoms with Gasteiger partial charge in [0.2, 0.25) is 0 Å². The first-order valence-corrected chi connectivity index (χ1v) is 9.66. The Balaban J connectivity index is 1.36. The molecule has 1 saturated carbocycles. The van der Waals surface area contributed by atoms with Gasteiger partial charge in [-0.05, 0) is 31.2 Å². The number of nitrogens with zero attached hydrogens (tertiary/aromatic N) is 1. The van der Waals surface area contributed by atoms with Gasteiger partial charge in [0.1, 0.15) is 16.0 Å². The molecular formula is C19H23N3O2S. The second-order valence-electron chi connectivity index (χ2n) is 6.99. The van der Waals surface area contributed by atoms with E-state index in [1.54, 1.807) is 6.20 Å². The molecule has 4 rings (SSSR count). The molecule has 132 valence electrons. The van der Waals surface area contributed by atoms with Crippen molar-refractivity contribution in [2.24, 2.45) is 5.73 Å². The molecule has 3 N–H and O–H groups in total. The SMILES string of the molecule is NCC1(c2ccccc2)CC(NC(=O)c2cnc(C3CCCO3)s2)C1. The largest absolute Gasteiger partial charge is 0.371 e. The van der Waals surface area contributed by atoms with Crippen LogP contribution in [0.2, 0.25) is 0 Å². The fourth-order valence-corrected chi connectivity index (χ4v) is 4.77. The van der Waals surface area contributed by atoms with E-state index in [9.17, 15) is 4.79 Å². The van der Waals surface area contributed by atoms with Gasteiger partial charge in [-0.2, -0.15) is 0 Å². The molecule has 2 aliphatic rings. The van der Waals surface area contributed by atoms with E-state index in [1.807, 2.05) is 18.2 Å². The molecule has 1 atom stereocenters. The van der Waals surface area contributed by atoms with Crippen molar-refractivity contribution in [3.63, 3.8) is 0 Å². The topological polar surface area (TPSA) is 77.2 Å². The van der Waals surface area contributed by atoms with Crippen molar-refractivity contribution in [3.05, 3.63) is 52.0 Å². The summed E-state index contributed by atoms with van der Waals surface area (Å²) in [5.74, 6) is -0.0366. The van der Waals surface area contributed by atoms with Crippen molar-refractivity contribution >= 4 is 17.2 Å². The number of nitrogens with two attached hydrogens (primary N) is 1. The zero-order valence-corrected chi connectivity index (χ0v) is 14.9. The van der Waals surface area contributed by atoms with E-state index in [4.69, 9.17) is 10.5 Å². The highest BCUT2D eigenvalue weighted by atomic mass is 32.1. The Morgan fingerprint density at radius 1 is 1.36 bits per heavy atom. The maximum Gasteiger partial charge on any atom is 0.263 e. The molecule has 0 spiro atoms. The summed E-state index contributed by atoms with van der Waals surface area (Å²) in [5.41, 5.74) is 7.30. The molecule has 6 heteroatoms. The Labute approximate surface area is 151 Å². The van der Waals surface area contributed by atoms with Gasteiger partial charge in [-0.25, -0.2) is 4.98 Å². The quantitative estimate of drug-likeness (QED) is 0.863. The number of nitrogens with one attached hydrogen (secondary N) is 1. The summed E-state index contributed by atoms with van der Waals surface area (Å²) in [6.45, 7) is 1.39. The van der Waals surface area contributed by atoms with Crippen molar-refractivity contribution in [1.82, 2.24) is 10.3 Å². The molecule has 1 amide bonds. The molecule has 1 aliphatic carbocycles. The van der Waals surface area contributed by atoms with Crippen molar-refractivity contribution in [2.45, 2.75) is 43.2 Å². The molecule has 1 aliphatic heterocycles. The Kier molecular flexibility index (Phi) is 4.58. The first kappa shape index (κ1) is 16.7. The lowest BCUT2D eigenvalue weighted by molar-refractivity contribution is 0.0870. The summed E-state index contributed by atoms with van der Waals surface area (Å²) < 4.78 is 5.64. The lowest BCUT2D eigenvalue weighted by Crippen LogP contribution is -2.56. The molecule has 0 radical (unpaired) electrons. The minimum absolute atomic E-state index is 0.00421. The Hall–Kier alpha value is -1.76. The average molecular weight is 357 g/mol. The second-order valence-corrected chi connectivity index (χ2v) is 8.06. The summed E-state index contributed by atoms with van der Waals surface area (Å²) in [5, 5.41) is 4.04. The predicted molar refractivity (Wildman–Crippen MR) is 97.7 cm³/mol. The molecule has 2 aromatic rings. The minimum atomic E-state index is -0.0366. The molecule has 5 nitrogen and oxygen atoms in total. The second kappa shape index (κ2) is 6.86. The molecule has 2 heterocycles. The van der Waals surface area contributed by atoms with Crippen LogP contribution in [0.3, 0.4) is 0 Å². The van der Waals surface area contributed by atoms with Gasteiger partial charge < -0.3 is 15.8 Å². The van der Waals surface area contributed by atoms with Gasteiger partial charge in [-0.3, -0.25) is 4.79 Å². The predicted octanol–water partition coefficient (Wildman–Crippen LogP) is 2.78. The van der Waals surface area contributed by atoms with Gasteiger partial charge in [-0.1, -0.05) is 30.3 Å². The van der Waals surface area contributed by atoms with Gasteiger partial charge in [-0.15, -0.1) is 11.3 Å². The Morgan fingerprint density at radius 3 is 2.84 bits per heavy atom. The average Bonchev–Trinajstić information content (AvgIpc) is 3.29. The number of ether oxygens (including phenoxy) is 1. The van der Waals surface area contributed by atoms with Crippen molar-refractivity contribution in [3.8, 4) is 0 Å². The van der Waals surface area contributed by atoms with E-state index in [0.717, 1.165) is 37.3 Å². The number of rotatable bonds is 5. The van der Waals surface area contributed by atoms with Crippen LogP contribution in [0, 0.1) is 0 Å². The smallest absolute Gasteiger partial charge is 0.263 e. The molecule has 25 heavy (non-hydrogen) atoms. The lowest BCUT2D eigenvalue weighted by atomic mass is 9.61. The zero-order chi connectivity index (χ0) is 17.3. The van der Waals surface area contributed by atoms with Crippen molar-refractivity contribution in [2.75, 3.05) is 13.2 Å². The fraction of sp³-hybridized carbons (Fsp3) is 0.474. The first-order chi connectivity index (χ1) is 12.2. The number of benzene rings is 1. The van der Waals surface area contributed by atoms with Crippen LogP contribution in [-0.4, -0.2) is 30.1 Å². The number of hydrogen-bond acceptors (Lipinski definition) is 5. The van der Waals surface area contributed by atoms with Crippen LogP contribution >= 0.6 is 11.3 Å². The molecule has 2 fully saturated rings. The van der Waals surface area contributed by atoms with Gasteiger partial charge in [0.25, 0.3) is 5.91 Å². The maximum atomic E-state index is 12.5. The number of aromatic nitrogens is 1. The van der Waals surface area contributed by atoms with Crippen LogP contribution in [0.15, 0.2) is 36.5 Å². The number of hydrogen-bond donors (Lipinski definition) is 2. The van der Waals surface area contributed by atoms with Crippen LogP contribution in [0.25, 0.3) is 0 Å². The number of carbonyl (C=O) groups excluding carboxylic acids is 1. The third-order valence-corrected chi connectivity index (χ3v) is 6.43. The number of carbonyl (C=O) groups is 1. The van der Waals surface area contributed by atoms with Crippen LogP contribution < -0.4 is 11.1 Å². The molecule has 1 unspecified atom stereocenters. The van der Waals surface area contributed by atoms with Gasteiger partial charge in [0.15, 0.2) is 0 Å². The number of thiazole rings is 1. The summed E-state index contributed by atoms with van der Waals surface area (Å²) in [7, 11) is 0. The van der Waals surface area contributed by atoms with E-state index < -0.39 is 0 Å². The summed E-state index contributed by atoms with van der Waals surface area (Å²) in [4.78, 5) is 17.5. The van der Waals surface area contributed by atoms with Crippen LogP contribution in [0.1, 0.15) is 52.0 Å². The third kappa shape index (κ3) is 3.21. The van der Waals surface area contributed by atoms with E-state index in [2.05, 4.69) is 22.4 Å². The highest BCUT2D eigenvalue weighted by molar-refractivity contribution is 7.13. The first-order valence-electron chi connectivity index (χ1n) is 8.84. The minimum Gasteiger partial charge on any atom is -0.371 e. The molecule has 1 saturated heterocycles. The lowest BCUT2D eigenvalue weighted by Gasteiger charge is -2.47. The zero-order valence-electron chi connectivity index (χ0n) is 14.1. The van der Waals surface area contributed by atoms with E-state index in [-0.39, 0.29) is 23.5 Å². The van der Waals surface area contributed by atoms with Gasteiger partial charge in [0.05, 0.1) is 6.20 Å².